The van der Waals surface area contributed by atoms with E-state index in [1.54, 1.807) is 0 Å². The average Bonchev–Trinajstić information content (AvgIpc) is 2.67. The van der Waals surface area contributed by atoms with Gasteiger partial charge in [-0.15, -0.1) is 0 Å². The van der Waals surface area contributed by atoms with Crippen molar-refractivity contribution in [2.75, 3.05) is 17.2 Å². The van der Waals surface area contributed by atoms with E-state index in [4.69, 9.17) is 5.11 Å². The molecule has 0 spiro atoms. The van der Waals surface area contributed by atoms with Crippen molar-refractivity contribution in [1.82, 2.24) is 4.98 Å². The van der Waals surface area contributed by atoms with Gasteiger partial charge in [-0.05, 0) is 24.3 Å². The Morgan fingerprint density at radius 2 is 1.80 bits per heavy atom. The molecule has 1 aliphatic rings. The zero-order valence-electron chi connectivity index (χ0n) is 14.9. The molecule has 0 atom stereocenters. The molecule has 12 heteroatoms. The van der Waals surface area contributed by atoms with E-state index in [1.807, 2.05) is 0 Å². The van der Waals surface area contributed by atoms with Crippen LogP contribution in [0.3, 0.4) is 0 Å². The molecule has 158 valence electrons. The van der Waals surface area contributed by atoms with Crippen molar-refractivity contribution < 1.29 is 41.7 Å². The number of hydrogen-bond donors (Lipinski definition) is 3. The van der Waals surface area contributed by atoms with Gasteiger partial charge in [-0.3, -0.25) is 4.79 Å². The molecule has 3 N–H and O–H groups in total. The largest absolute Gasteiger partial charge is 0.478 e. The highest BCUT2D eigenvalue weighted by molar-refractivity contribution is 6.10. The summed E-state index contributed by atoms with van der Waals surface area (Å²) in [6, 6.07) is 4.71. The highest BCUT2D eigenvalue weighted by Crippen LogP contribution is 2.38. The molecule has 0 saturated heterocycles. The van der Waals surface area contributed by atoms with Crippen molar-refractivity contribution >= 4 is 29.5 Å². The van der Waals surface area contributed by atoms with Gasteiger partial charge in [-0.2, -0.15) is 17.6 Å². The number of benzene rings is 1. The number of fused-ring (bicyclic) bond motifs is 1. The lowest BCUT2D eigenvalue weighted by molar-refractivity contribution is -0.112. The Labute approximate surface area is 166 Å². The number of rotatable bonds is 7. The molecule has 1 aromatic carbocycles. The van der Waals surface area contributed by atoms with Crippen LogP contribution in [-0.2, 0) is 4.79 Å². The van der Waals surface area contributed by atoms with Gasteiger partial charge in [0.15, 0.2) is 11.5 Å². The fourth-order valence-corrected chi connectivity index (χ4v) is 2.66. The summed E-state index contributed by atoms with van der Waals surface area (Å²) >= 11 is 0. The number of anilines is 2. The van der Waals surface area contributed by atoms with E-state index in [-0.39, 0.29) is 34.8 Å². The molecular formula is C18H13F4N3O5. The van der Waals surface area contributed by atoms with Crippen LogP contribution in [-0.4, -0.2) is 41.7 Å². The van der Waals surface area contributed by atoms with Gasteiger partial charge in [-0.25, -0.2) is 9.78 Å². The number of alkyl halides is 4. The van der Waals surface area contributed by atoms with Crippen molar-refractivity contribution in [3.05, 3.63) is 47.2 Å². The van der Waals surface area contributed by atoms with Crippen LogP contribution in [0.15, 0.2) is 36.0 Å². The standard InChI is InChI=1S/C18H13F4N3O5/c19-17(20)29-12-5-8-4-9(7-24-11(8)6-13(12)30-18(21)22)15(26)25-14-10(16(27)28)2-1-3-23-14/h1-6,17-18,24H,7H2,(H,27,28)(H,23,25,26). The van der Waals surface area contributed by atoms with E-state index < -0.39 is 36.6 Å². The van der Waals surface area contributed by atoms with Crippen LogP contribution in [0.4, 0.5) is 29.1 Å². The molecule has 0 unspecified atom stereocenters. The summed E-state index contributed by atoms with van der Waals surface area (Å²) < 4.78 is 58.7. The lowest BCUT2D eigenvalue weighted by atomic mass is 10.0. The molecule has 0 radical (unpaired) electrons. The van der Waals surface area contributed by atoms with Crippen LogP contribution in [0.25, 0.3) is 6.08 Å². The van der Waals surface area contributed by atoms with Crippen molar-refractivity contribution in [3.63, 3.8) is 0 Å². The SMILES string of the molecule is O=C(Nc1ncccc1C(=O)O)C1=Cc2cc(OC(F)F)c(OC(F)F)cc2NC1. The van der Waals surface area contributed by atoms with Gasteiger partial charge >= 0.3 is 19.2 Å². The number of amides is 1. The van der Waals surface area contributed by atoms with E-state index in [2.05, 4.69) is 25.1 Å². The molecule has 1 aromatic heterocycles. The molecule has 0 saturated carbocycles. The number of ether oxygens (including phenoxy) is 2. The number of aromatic nitrogens is 1. The molecule has 0 fully saturated rings. The average molecular weight is 427 g/mol. The first-order chi connectivity index (χ1) is 14.2. The summed E-state index contributed by atoms with van der Waals surface area (Å²) in [4.78, 5) is 27.5. The molecule has 0 aliphatic carbocycles. The first-order valence-corrected chi connectivity index (χ1v) is 8.26. The van der Waals surface area contributed by atoms with Gasteiger partial charge in [0.25, 0.3) is 5.91 Å². The Morgan fingerprint density at radius 3 is 2.43 bits per heavy atom. The molecule has 8 nitrogen and oxygen atoms in total. The molecule has 0 bridgehead atoms. The number of nitrogens with zero attached hydrogens (tertiary/aromatic N) is 1. The van der Waals surface area contributed by atoms with Crippen molar-refractivity contribution in [1.29, 1.82) is 0 Å². The fourth-order valence-electron chi connectivity index (χ4n) is 2.66. The second-order valence-corrected chi connectivity index (χ2v) is 5.83. The summed E-state index contributed by atoms with van der Waals surface area (Å²) in [6.07, 6.45) is 2.61. The summed E-state index contributed by atoms with van der Waals surface area (Å²) in [7, 11) is 0. The number of carboxylic acids is 1. The zero-order valence-corrected chi connectivity index (χ0v) is 14.9. The topological polar surface area (TPSA) is 110 Å². The minimum atomic E-state index is -3.29. The minimum absolute atomic E-state index is 0.0583. The Bertz CT molecular complexity index is 1010. The van der Waals surface area contributed by atoms with Gasteiger partial charge in [0.2, 0.25) is 0 Å². The molecule has 30 heavy (non-hydrogen) atoms. The van der Waals surface area contributed by atoms with Gasteiger partial charge in [0.1, 0.15) is 11.4 Å². The Morgan fingerprint density at radius 1 is 1.13 bits per heavy atom. The molecule has 2 heterocycles. The maximum atomic E-state index is 12.6. The maximum Gasteiger partial charge on any atom is 0.387 e. The predicted octanol–water partition coefficient (Wildman–Crippen LogP) is 3.43. The molecule has 1 aliphatic heterocycles. The van der Waals surface area contributed by atoms with Crippen LogP contribution in [0.5, 0.6) is 11.5 Å². The van der Waals surface area contributed by atoms with E-state index in [9.17, 15) is 27.2 Å². The summed E-state index contributed by atoms with van der Waals surface area (Å²) in [5, 5.41) is 14.3. The Hall–Kier alpha value is -3.83. The fraction of sp³-hybridized carbons (Fsp3) is 0.167. The highest BCUT2D eigenvalue weighted by atomic mass is 19.3. The minimum Gasteiger partial charge on any atom is -0.478 e. The molecule has 2 aromatic rings. The second-order valence-electron chi connectivity index (χ2n) is 5.83. The Balaban J connectivity index is 1.89. The van der Waals surface area contributed by atoms with Crippen molar-refractivity contribution in [3.8, 4) is 11.5 Å². The normalized spacial score (nSPS) is 12.7. The van der Waals surface area contributed by atoms with E-state index >= 15 is 0 Å². The van der Waals surface area contributed by atoms with Crippen LogP contribution < -0.4 is 20.1 Å². The lowest BCUT2D eigenvalue weighted by Gasteiger charge is -2.21. The number of carbonyl (C=O) groups excluding carboxylic acids is 1. The van der Waals surface area contributed by atoms with Crippen LogP contribution in [0.2, 0.25) is 0 Å². The number of carbonyl (C=O) groups is 2. The molecule has 1 amide bonds. The van der Waals surface area contributed by atoms with Crippen molar-refractivity contribution in [2.45, 2.75) is 13.2 Å². The van der Waals surface area contributed by atoms with E-state index in [1.165, 1.54) is 24.4 Å². The highest BCUT2D eigenvalue weighted by Gasteiger charge is 2.23. The van der Waals surface area contributed by atoms with Crippen LogP contribution in [0, 0.1) is 0 Å². The van der Waals surface area contributed by atoms with Crippen LogP contribution >= 0.6 is 0 Å². The molecular weight excluding hydrogens is 414 g/mol. The predicted molar refractivity (Wildman–Crippen MR) is 96.0 cm³/mol. The summed E-state index contributed by atoms with van der Waals surface area (Å²) in [6.45, 7) is -6.60. The van der Waals surface area contributed by atoms with E-state index in [0.29, 0.717) is 0 Å². The lowest BCUT2D eigenvalue weighted by Crippen LogP contribution is -2.24. The molecule has 3 rings (SSSR count). The third-order valence-corrected chi connectivity index (χ3v) is 3.91. The monoisotopic (exact) mass is 427 g/mol. The maximum absolute atomic E-state index is 12.6. The number of hydrogen-bond acceptors (Lipinski definition) is 6. The van der Waals surface area contributed by atoms with Crippen LogP contribution in [0.1, 0.15) is 15.9 Å². The number of nitrogens with one attached hydrogen (secondary N) is 2. The second kappa shape index (κ2) is 8.68. The third kappa shape index (κ3) is 4.77. The quantitative estimate of drug-likeness (QED) is 0.581. The zero-order chi connectivity index (χ0) is 21.8. The Kier molecular flexibility index (Phi) is 6.04. The van der Waals surface area contributed by atoms with Gasteiger partial charge < -0.3 is 25.2 Å². The van der Waals surface area contributed by atoms with Crippen molar-refractivity contribution in [2.24, 2.45) is 0 Å². The third-order valence-electron chi connectivity index (χ3n) is 3.91. The number of aromatic carboxylic acids is 1. The number of halogens is 4. The smallest absolute Gasteiger partial charge is 0.387 e. The number of pyridine rings is 1. The first kappa shape index (κ1) is 20.9. The summed E-state index contributed by atoms with van der Waals surface area (Å²) in [5.41, 5.74) is 0.322. The number of carboxylic acid groups (broad SMARTS) is 1. The van der Waals surface area contributed by atoms with E-state index in [0.717, 1.165) is 12.1 Å². The summed E-state index contributed by atoms with van der Waals surface area (Å²) in [5.74, 6) is -3.40. The first-order valence-electron chi connectivity index (χ1n) is 8.26. The van der Waals surface area contributed by atoms with Gasteiger partial charge in [-0.1, -0.05) is 0 Å². The van der Waals surface area contributed by atoms with Gasteiger partial charge in [0, 0.05) is 35.6 Å². The van der Waals surface area contributed by atoms with Gasteiger partial charge in [0.05, 0.1) is 0 Å².